The number of nitrogens with two attached hydrogens (primary N) is 1. The van der Waals surface area contributed by atoms with Gasteiger partial charge in [0.25, 0.3) is 5.89 Å². The summed E-state index contributed by atoms with van der Waals surface area (Å²) in [5.74, 6) is 0.998. The Balaban J connectivity index is 1.88. The highest BCUT2D eigenvalue weighted by atomic mass is 79.9. The molecule has 4 nitrogen and oxygen atoms in total. The zero-order valence-corrected chi connectivity index (χ0v) is 13.2. The number of nitrogen functional groups attached to an aromatic ring is 1. The van der Waals surface area contributed by atoms with E-state index in [4.69, 9.17) is 21.9 Å². The Labute approximate surface area is 135 Å². The molecule has 3 aromatic rings. The summed E-state index contributed by atoms with van der Waals surface area (Å²) >= 11 is 9.39. The predicted octanol–water partition coefficient (Wildman–Crippen LogP) is 4.33. The van der Waals surface area contributed by atoms with Gasteiger partial charge < -0.3 is 10.3 Å². The van der Waals surface area contributed by atoms with Crippen LogP contribution in [0.5, 0.6) is 0 Å². The molecule has 2 N–H and O–H groups in total. The third-order valence-electron chi connectivity index (χ3n) is 3.02. The lowest BCUT2D eigenvalue weighted by Gasteiger charge is -2.00. The molecular formula is C15H11BrClN3O. The minimum Gasteiger partial charge on any atom is -0.398 e. The Kier molecular flexibility index (Phi) is 3.94. The van der Waals surface area contributed by atoms with E-state index < -0.39 is 0 Å². The van der Waals surface area contributed by atoms with Gasteiger partial charge >= 0.3 is 0 Å². The molecule has 0 bridgehead atoms. The van der Waals surface area contributed by atoms with Crippen LogP contribution in [0.4, 0.5) is 5.69 Å². The Morgan fingerprint density at radius 1 is 1.19 bits per heavy atom. The number of hydrogen-bond acceptors (Lipinski definition) is 4. The third-order valence-corrected chi connectivity index (χ3v) is 4.03. The van der Waals surface area contributed by atoms with E-state index in [1.165, 1.54) is 0 Å². The van der Waals surface area contributed by atoms with Crippen molar-refractivity contribution < 1.29 is 4.52 Å². The molecule has 2 aromatic carbocycles. The highest BCUT2D eigenvalue weighted by molar-refractivity contribution is 9.10. The Morgan fingerprint density at radius 2 is 2.00 bits per heavy atom. The average molecular weight is 365 g/mol. The van der Waals surface area contributed by atoms with Gasteiger partial charge in [0.2, 0.25) is 0 Å². The van der Waals surface area contributed by atoms with Crippen LogP contribution in [0, 0.1) is 0 Å². The van der Waals surface area contributed by atoms with E-state index in [2.05, 4.69) is 26.1 Å². The van der Waals surface area contributed by atoms with E-state index in [9.17, 15) is 0 Å². The van der Waals surface area contributed by atoms with Gasteiger partial charge in [-0.1, -0.05) is 50.9 Å². The van der Waals surface area contributed by atoms with Crippen LogP contribution >= 0.6 is 27.5 Å². The van der Waals surface area contributed by atoms with E-state index in [-0.39, 0.29) is 0 Å². The van der Waals surface area contributed by atoms with Crippen molar-refractivity contribution in [1.82, 2.24) is 10.1 Å². The van der Waals surface area contributed by atoms with Gasteiger partial charge in [-0.05, 0) is 29.8 Å². The maximum atomic E-state index is 5.92. The number of hydrogen-bond donors (Lipinski definition) is 1. The normalized spacial score (nSPS) is 10.8. The number of rotatable bonds is 3. The summed E-state index contributed by atoms with van der Waals surface area (Å²) in [5.41, 5.74) is 8.21. The van der Waals surface area contributed by atoms with Gasteiger partial charge in [-0.15, -0.1) is 0 Å². The molecule has 0 aliphatic carbocycles. The van der Waals surface area contributed by atoms with Gasteiger partial charge in [-0.25, -0.2) is 0 Å². The second kappa shape index (κ2) is 5.87. The van der Waals surface area contributed by atoms with Crippen LogP contribution in [0.2, 0.25) is 5.02 Å². The van der Waals surface area contributed by atoms with Gasteiger partial charge in [0.1, 0.15) is 0 Å². The van der Waals surface area contributed by atoms with Crippen LogP contribution < -0.4 is 5.73 Å². The maximum Gasteiger partial charge on any atom is 0.260 e. The van der Waals surface area contributed by atoms with Crippen molar-refractivity contribution in [2.75, 3.05) is 5.73 Å². The summed E-state index contributed by atoms with van der Waals surface area (Å²) in [6, 6.07) is 13.1. The first-order chi connectivity index (χ1) is 10.1. The van der Waals surface area contributed by atoms with Crippen molar-refractivity contribution in [2.45, 2.75) is 6.42 Å². The third kappa shape index (κ3) is 3.09. The van der Waals surface area contributed by atoms with Gasteiger partial charge in [0.15, 0.2) is 5.82 Å². The van der Waals surface area contributed by atoms with Crippen LogP contribution in [0.3, 0.4) is 0 Å². The summed E-state index contributed by atoms with van der Waals surface area (Å²) in [6.45, 7) is 0. The fourth-order valence-corrected chi connectivity index (χ4v) is 2.58. The standard InChI is InChI=1S/C15H11BrClN3O/c16-12-4-2-1-3-9(12)7-14-19-15(21-20-14)11-6-5-10(17)8-13(11)18/h1-6,8H,7,18H2. The molecule has 0 aliphatic rings. The zero-order chi connectivity index (χ0) is 14.8. The minimum atomic E-state index is 0.395. The van der Waals surface area contributed by atoms with Crippen LogP contribution in [0.15, 0.2) is 51.5 Å². The molecule has 0 saturated heterocycles. The first-order valence-corrected chi connectivity index (χ1v) is 7.42. The van der Waals surface area contributed by atoms with E-state index in [1.54, 1.807) is 18.2 Å². The predicted molar refractivity (Wildman–Crippen MR) is 86.1 cm³/mol. The fourth-order valence-electron chi connectivity index (χ4n) is 1.98. The number of benzene rings is 2. The monoisotopic (exact) mass is 363 g/mol. The van der Waals surface area contributed by atoms with Gasteiger partial charge in [-0.3, -0.25) is 0 Å². The number of nitrogens with zero attached hydrogens (tertiary/aromatic N) is 2. The topological polar surface area (TPSA) is 64.9 Å². The summed E-state index contributed by atoms with van der Waals surface area (Å²) in [6.07, 6.45) is 0.582. The molecule has 106 valence electrons. The number of aromatic nitrogens is 2. The van der Waals surface area contributed by atoms with Gasteiger partial charge in [-0.2, -0.15) is 4.98 Å². The molecule has 21 heavy (non-hydrogen) atoms. The van der Waals surface area contributed by atoms with Crippen molar-refractivity contribution in [2.24, 2.45) is 0 Å². The van der Waals surface area contributed by atoms with Crippen molar-refractivity contribution >= 4 is 33.2 Å². The zero-order valence-electron chi connectivity index (χ0n) is 10.9. The van der Waals surface area contributed by atoms with Crippen molar-refractivity contribution in [3.63, 3.8) is 0 Å². The minimum absolute atomic E-state index is 0.395. The first kappa shape index (κ1) is 14.1. The van der Waals surface area contributed by atoms with Crippen molar-refractivity contribution in [3.05, 3.63) is 63.3 Å². The maximum absolute atomic E-state index is 5.92. The molecule has 0 atom stereocenters. The molecule has 0 radical (unpaired) electrons. The Morgan fingerprint density at radius 3 is 2.76 bits per heavy atom. The molecule has 1 aromatic heterocycles. The molecule has 0 fully saturated rings. The number of anilines is 1. The summed E-state index contributed by atoms with van der Waals surface area (Å²) < 4.78 is 6.30. The highest BCUT2D eigenvalue weighted by Crippen LogP contribution is 2.27. The SMILES string of the molecule is Nc1cc(Cl)ccc1-c1nc(Cc2ccccc2Br)no1. The van der Waals surface area contributed by atoms with Gasteiger partial charge in [0.05, 0.1) is 5.56 Å². The lowest BCUT2D eigenvalue weighted by molar-refractivity contribution is 0.424. The van der Waals surface area contributed by atoms with E-state index in [1.807, 2.05) is 24.3 Å². The van der Waals surface area contributed by atoms with E-state index >= 15 is 0 Å². The van der Waals surface area contributed by atoms with Crippen LogP contribution in [-0.4, -0.2) is 10.1 Å². The highest BCUT2D eigenvalue weighted by Gasteiger charge is 2.13. The van der Waals surface area contributed by atoms with Crippen LogP contribution in [-0.2, 0) is 6.42 Å². The molecular weight excluding hydrogens is 354 g/mol. The fraction of sp³-hybridized carbons (Fsp3) is 0.0667. The number of halogens is 2. The molecule has 6 heteroatoms. The smallest absolute Gasteiger partial charge is 0.260 e. The second-order valence-electron chi connectivity index (χ2n) is 4.52. The molecule has 0 amide bonds. The van der Waals surface area contributed by atoms with Crippen molar-refractivity contribution in [1.29, 1.82) is 0 Å². The second-order valence-corrected chi connectivity index (χ2v) is 5.81. The summed E-state index contributed by atoms with van der Waals surface area (Å²) in [5, 5.41) is 4.57. The summed E-state index contributed by atoms with van der Waals surface area (Å²) in [4.78, 5) is 4.39. The van der Waals surface area contributed by atoms with E-state index in [0.717, 1.165) is 10.0 Å². The molecule has 0 saturated carbocycles. The van der Waals surface area contributed by atoms with Crippen LogP contribution in [0.1, 0.15) is 11.4 Å². The lowest BCUT2D eigenvalue weighted by atomic mass is 10.1. The largest absolute Gasteiger partial charge is 0.398 e. The van der Waals surface area contributed by atoms with Crippen molar-refractivity contribution in [3.8, 4) is 11.5 Å². The first-order valence-electron chi connectivity index (χ1n) is 6.25. The van der Waals surface area contributed by atoms with Gasteiger partial charge in [0, 0.05) is 21.6 Å². The molecule has 0 unspecified atom stereocenters. The van der Waals surface area contributed by atoms with Crippen LogP contribution in [0.25, 0.3) is 11.5 Å². The quantitative estimate of drug-likeness (QED) is 0.703. The summed E-state index contributed by atoms with van der Waals surface area (Å²) in [7, 11) is 0. The molecule has 0 spiro atoms. The van der Waals surface area contributed by atoms with E-state index in [0.29, 0.717) is 34.4 Å². The Bertz CT molecular complexity index is 788. The average Bonchev–Trinajstić information content (AvgIpc) is 2.90. The molecule has 1 heterocycles. The molecule has 0 aliphatic heterocycles. The molecule has 3 rings (SSSR count). The Hall–Kier alpha value is -1.85. The lowest BCUT2D eigenvalue weighted by Crippen LogP contribution is -1.93.